The molecule has 0 aliphatic heterocycles. The molecule has 1 aromatic heterocycles. The third-order valence-corrected chi connectivity index (χ3v) is 2.62. The normalized spacial score (nSPS) is 10.8. The molecule has 0 bridgehead atoms. The summed E-state index contributed by atoms with van der Waals surface area (Å²) < 4.78 is 6.18. The summed E-state index contributed by atoms with van der Waals surface area (Å²) in [7, 11) is 0. The second kappa shape index (κ2) is 3.41. The Hall–Kier alpha value is -0.800. The molecule has 0 unspecified atom stereocenters. The molecule has 1 heterocycles. The zero-order chi connectivity index (χ0) is 10.3. The van der Waals surface area contributed by atoms with E-state index in [1.165, 1.54) is 6.92 Å². The lowest BCUT2D eigenvalue weighted by molar-refractivity contribution is 0.0989. The number of benzene rings is 1. The average molecular weight is 274 g/mol. The molecule has 1 aromatic carbocycles. The Labute approximate surface area is 94.0 Å². The van der Waals surface area contributed by atoms with E-state index >= 15 is 0 Å². The van der Waals surface area contributed by atoms with E-state index in [9.17, 15) is 4.79 Å². The monoisotopic (exact) mass is 272 g/mol. The van der Waals surface area contributed by atoms with Gasteiger partial charge in [0, 0.05) is 16.8 Å². The Morgan fingerprint density at radius 1 is 1.43 bits per heavy atom. The number of hydrogen-bond donors (Lipinski definition) is 0. The fraction of sp³-hybridized carbons (Fsp3) is 0.100. The summed E-state index contributed by atoms with van der Waals surface area (Å²) in [5.41, 5.74) is 0.556. The van der Waals surface area contributed by atoms with Crippen LogP contribution in [0.4, 0.5) is 0 Å². The molecule has 72 valence electrons. The third-order valence-electron chi connectivity index (χ3n) is 1.88. The lowest BCUT2D eigenvalue weighted by Gasteiger charge is -1.93. The van der Waals surface area contributed by atoms with Gasteiger partial charge in [0.1, 0.15) is 0 Å². The highest BCUT2D eigenvalue weighted by Crippen LogP contribution is 2.30. The van der Waals surface area contributed by atoms with Crippen molar-refractivity contribution in [2.24, 2.45) is 0 Å². The molecule has 4 heteroatoms. The number of rotatable bonds is 1. The second-order valence-corrected chi connectivity index (χ2v) is 4.30. The number of ketones is 1. The number of fused-ring (bicyclic) bond motifs is 1. The van der Waals surface area contributed by atoms with E-state index in [0.717, 1.165) is 9.86 Å². The van der Waals surface area contributed by atoms with Gasteiger partial charge in [0.25, 0.3) is 0 Å². The van der Waals surface area contributed by atoms with Crippen LogP contribution in [0.5, 0.6) is 0 Å². The topological polar surface area (TPSA) is 30.2 Å². The zero-order valence-corrected chi connectivity index (χ0v) is 9.65. The first-order valence-corrected chi connectivity index (χ1v) is 5.14. The highest BCUT2D eigenvalue weighted by molar-refractivity contribution is 9.10. The van der Waals surface area contributed by atoms with Crippen molar-refractivity contribution in [2.45, 2.75) is 6.92 Å². The van der Waals surface area contributed by atoms with Crippen LogP contribution >= 0.6 is 27.5 Å². The standard InChI is InChI=1S/C10H6BrClO2/c1-5(13)9-3-6-2-7(11)4-8(12)10(6)14-9/h2-4H,1H3. The van der Waals surface area contributed by atoms with Gasteiger partial charge >= 0.3 is 0 Å². The highest BCUT2D eigenvalue weighted by Gasteiger charge is 2.10. The van der Waals surface area contributed by atoms with Crippen molar-refractivity contribution in [3.8, 4) is 0 Å². The van der Waals surface area contributed by atoms with Crippen LogP contribution in [-0.4, -0.2) is 5.78 Å². The van der Waals surface area contributed by atoms with Gasteiger partial charge in [-0.15, -0.1) is 0 Å². The fourth-order valence-electron chi connectivity index (χ4n) is 1.25. The summed E-state index contributed by atoms with van der Waals surface area (Å²) in [4.78, 5) is 11.1. The average Bonchev–Trinajstić information content (AvgIpc) is 2.47. The maximum atomic E-state index is 11.1. The smallest absolute Gasteiger partial charge is 0.194 e. The summed E-state index contributed by atoms with van der Waals surface area (Å²) in [5.74, 6) is 0.230. The first kappa shape index (κ1) is 9.74. The molecule has 0 N–H and O–H groups in total. The van der Waals surface area contributed by atoms with Gasteiger partial charge in [0.05, 0.1) is 5.02 Å². The van der Waals surface area contributed by atoms with Gasteiger partial charge in [-0.05, 0) is 18.2 Å². The summed E-state index contributed by atoms with van der Waals surface area (Å²) >= 11 is 9.26. The van der Waals surface area contributed by atoms with Gasteiger partial charge in [-0.25, -0.2) is 0 Å². The Morgan fingerprint density at radius 3 is 2.79 bits per heavy atom. The number of halogens is 2. The Morgan fingerprint density at radius 2 is 2.14 bits per heavy atom. The van der Waals surface area contributed by atoms with E-state index in [-0.39, 0.29) is 5.78 Å². The van der Waals surface area contributed by atoms with E-state index in [2.05, 4.69) is 15.9 Å². The van der Waals surface area contributed by atoms with Crippen molar-refractivity contribution >= 4 is 44.3 Å². The van der Waals surface area contributed by atoms with Crippen molar-refractivity contribution in [3.63, 3.8) is 0 Å². The molecule has 0 atom stereocenters. The van der Waals surface area contributed by atoms with Crippen molar-refractivity contribution in [1.82, 2.24) is 0 Å². The summed E-state index contributed by atoms with van der Waals surface area (Å²) in [6.07, 6.45) is 0. The molecule has 0 amide bonds. The summed E-state index contributed by atoms with van der Waals surface area (Å²) in [5, 5.41) is 1.33. The van der Waals surface area contributed by atoms with Crippen LogP contribution in [0, 0.1) is 0 Å². The molecule has 0 aliphatic carbocycles. The molecule has 14 heavy (non-hydrogen) atoms. The summed E-state index contributed by atoms with van der Waals surface area (Å²) in [6, 6.07) is 5.28. The molecule has 0 saturated carbocycles. The molecule has 2 rings (SSSR count). The van der Waals surface area contributed by atoms with E-state index in [0.29, 0.717) is 16.4 Å². The minimum atomic E-state index is -0.103. The van der Waals surface area contributed by atoms with Crippen LogP contribution in [0.3, 0.4) is 0 Å². The highest BCUT2D eigenvalue weighted by atomic mass is 79.9. The van der Waals surface area contributed by atoms with E-state index < -0.39 is 0 Å². The predicted molar refractivity (Wildman–Crippen MR) is 58.9 cm³/mol. The van der Waals surface area contributed by atoms with Crippen molar-refractivity contribution < 1.29 is 9.21 Å². The molecule has 0 aliphatic rings. The first-order valence-electron chi connectivity index (χ1n) is 3.97. The van der Waals surface area contributed by atoms with E-state index in [1.54, 1.807) is 12.1 Å². The maximum Gasteiger partial charge on any atom is 0.194 e. The summed E-state index contributed by atoms with van der Waals surface area (Å²) in [6.45, 7) is 1.46. The Kier molecular flexibility index (Phi) is 2.37. The molecule has 2 aromatic rings. The van der Waals surface area contributed by atoms with Crippen LogP contribution in [0.1, 0.15) is 17.5 Å². The van der Waals surface area contributed by atoms with Gasteiger partial charge in [-0.2, -0.15) is 0 Å². The fourth-order valence-corrected chi connectivity index (χ4v) is 2.12. The number of Topliss-reactive ketones (excluding diaryl/α,β-unsaturated/α-hetero) is 1. The molecular weight excluding hydrogens is 267 g/mol. The SMILES string of the molecule is CC(=O)c1cc2cc(Br)cc(Cl)c2o1. The number of hydrogen-bond acceptors (Lipinski definition) is 2. The van der Waals surface area contributed by atoms with Crippen LogP contribution in [-0.2, 0) is 0 Å². The maximum absolute atomic E-state index is 11.1. The Bertz CT molecular complexity index is 516. The molecular formula is C10H6BrClO2. The van der Waals surface area contributed by atoms with Crippen molar-refractivity contribution in [2.75, 3.05) is 0 Å². The van der Waals surface area contributed by atoms with E-state index in [1.807, 2.05) is 6.07 Å². The number of carbonyl (C=O) groups is 1. The van der Waals surface area contributed by atoms with E-state index in [4.69, 9.17) is 16.0 Å². The molecule has 0 fully saturated rings. The van der Waals surface area contributed by atoms with Gasteiger partial charge < -0.3 is 4.42 Å². The van der Waals surface area contributed by atoms with Crippen LogP contribution in [0.25, 0.3) is 11.0 Å². The lowest BCUT2D eigenvalue weighted by atomic mass is 10.2. The van der Waals surface area contributed by atoms with Gasteiger partial charge in [0.15, 0.2) is 17.1 Å². The number of furan rings is 1. The second-order valence-electron chi connectivity index (χ2n) is 2.97. The first-order chi connectivity index (χ1) is 6.58. The van der Waals surface area contributed by atoms with Crippen molar-refractivity contribution in [1.29, 1.82) is 0 Å². The lowest BCUT2D eigenvalue weighted by Crippen LogP contribution is -1.85. The van der Waals surface area contributed by atoms with Crippen LogP contribution in [0.15, 0.2) is 27.1 Å². The van der Waals surface area contributed by atoms with Crippen molar-refractivity contribution in [3.05, 3.63) is 33.5 Å². The minimum Gasteiger partial charge on any atom is -0.451 e. The van der Waals surface area contributed by atoms with Crippen LogP contribution in [0.2, 0.25) is 5.02 Å². The number of carbonyl (C=O) groups excluding carboxylic acids is 1. The molecule has 0 saturated heterocycles. The van der Waals surface area contributed by atoms with Gasteiger partial charge in [-0.1, -0.05) is 27.5 Å². The van der Waals surface area contributed by atoms with Crippen LogP contribution < -0.4 is 0 Å². The quantitative estimate of drug-likeness (QED) is 0.734. The minimum absolute atomic E-state index is 0.103. The zero-order valence-electron chi connectivity index (χ0n) is 7.30. The van der Waals surface area contributed by atoms with Gasteiger partial charge in [0.2, 0.25) is 0 Å². The molecule has 2 nitrogen and oxygen atoms in total. The molecule has 0 spiro atoms. The van der Waals surface area contributed by atoms with Gasteiger partial charge in [-0.3, -0.25) is 4.79 Å². The largest absolute Gasteiger partial charge is 0.451 e. The third kappa shape index (κ3) is 1.57. The predicted octanol–water partition coefficient (Wildman–Crippen LogP) is 4.05. The molecule has 0 radical (unpaired) electrons. The Balaban J connectivity index is 2.76.